The molecule has 0 amide bonds. The normalized spacial score (nSPS) is 13.9. The van der Waals surface area contributed by atoms with E-state index in [2.05, 4.69) is 4.98 Å². The van der Waals surface area contributed by atoms with Gasteiger partial charge in [0.25, 0.3) is 0 Å². The molecule has 0 radical (unpaired) electrons. The number of nitrogens with zero attached hydrogens (tertiary/aromatic N) is 1. The minimum Gasteiger partial charge on any atom is -0.494 e. The maximum absolute atomic E-state index is 13.7. The van der Waals surface area contributed by atoms with Gasteiger partial charge in [0.2, 0.25) is 0 Å². The van der Waals surface area contributed by atoms with E-state index in [-0.39, 0.29) is 5.75 Å². The third-order valence-electron chi connectivity index (χ3n) is 3.01. The molecule has 19 heavy (non-hydrogen) atoms. The molecule has 0 bridgehead atoms. The Bertz CT molecular complexity index is 582. The lowest BCUT2D eigenvalue weighted by molar-refractivity contribution is 0.385. The van der Waals surface area contributed by atoms with Gasteiger partial charge >= 0.3 is 0 Å². The van der Waals surface area contributed by atoms with Crippen molar-refractivity contribution in [2.75, 3.05) is 7.11 Å². The van der Waals surface area contributed by atoms with Crippen LogP contribution in [-0.2, 0) is 5.54 Å². The second-order valence-electron chi connectivity index (χ2n) is 4.41. The number of halogens is 2. The van der Waals surface area contributed by atoms with Crippen LogP contribution in [0, 0.1) is 11.6 Å². The highest BCUT2D eigenvalue weighted by Crippen LogP contribution is 2.28. The standard InChI is InChI=1S/C14H14F2N2O/c1-14(17,13-6-4-10(15)8-18-13)9-3-5-12(19-2)11(16)7-9/h3-8H,17H2,1-2H3. The summed E-state index contributed by atoms with van der Waals surface area (Å²) in [7, 11) is 1.39. The average Bonchev–Trinajstić information content (AvgIpc) is 2.39. The molecule has 5 heteroatoms. The molecule has 2 rings (SSSR count). The maximum atomic E-state index is 13.7. The molecule has 1 atom stereocenters. The lowest BCUT2D eigenvalue weighted by Gasteiger charge is -2.25. The van der Waals surface area contributed by atoms with E-state index in [1.807, 2.05) is 0 Å². The zero-order valence-electron chi connectivity index (χ0n) is 10.7. The number of hydrogen-bond donors (Lipinski definition) is 1. The molecular weight excluding hydrogens is 250 g/mol. The van der Waals surface area contributed by atoms with Crippen LogP contribution >= 0.6 is 0 Å². The Morgan fingerprint density at radius 2 is 1.95 bits per heavy atom. The first-order valence-electron chi connectivity index (χ1n) is 5.70. The van der Waals surface area contributed by atoms with Crippen molar-refractivity contribution in [3.05, 3.63) is 59.4 Å². The first-order chi connectivity index (χ1) is 8.95. The zero-order valence-corrected chi connectivity index (χ0v) is 10.7. The predicted octanol–water partition coefficient (Wildman–Crippen LogP) is 2.59. The quantitative estimate of drug-likeness (QED) is 0.927. The molecule has 0 saturated heterocycles. The second-order valence-corrected chi connectivity index (χ2v) is 4.41. The smallest absolute Gasteiger partial charge is 0.165 e. The van der Waals surface area contributed by atoms with Gasteiger partial charge in [0.05, 0.1) is 24.5 Å². The van der Waals surface area contributed by atoms with E-state index in [1.54, 1.807) is 13.0 Å². The Morgan fingerprint density at radius 1 is 1.21 bits per heavy atom. The van der Waals surface area contributed by atoms with Crippen molar-refractivity contribution in [3.8, 4) is 5.75 Å². The van der Waals surface area contributed by atoms with E-state index < -0.39 is 17.2 Å². The van der Waals surface area contributed by atoms with Crippen LogP contribution in [0.1, 0.15) is 18.2 Å². The highest BCUT2D eigenvalue weighted by Gasteiger charge is 2.26. The van der Waals surface area contributed by atoms with E-state index in [0.717, 1.165) is 6.20 Å². The van der Waals surface area contributed by atoms with E-state index in [9.17, 15) is 8.78 Å². The summed E-state index contributed by atoms with van der Waals surface area (Å²) < 4.78 is 31.4. The van der Waals surface area contributed by atoms with Crippen molar-refractivity contribution in [3.63, 3.8) is 0 Å². The summed E-state index contributed by atoms with van der Waals surface area (Å²) in [5.41, 5.74) is 6.15. The Morgan fingerprint density at radius 3 is 2.47 bits per heavy atom. The van der Waals surface area contributed by atoms with Crippen LogP contribution in [-0.4, -0.2) is 12.1 Å². The van der Waals surface area contributed by atoms with Crippen molar-refractivity contribution >= 4 is 0 Å². The van der Waals surface area contributed by atoms with Crippen LogP contribution < -0.4 is 10.5 Å². The van der Waals surface area contributed by atoms with Crippen molar-refractivity contribution < 1.29 is 13.5 Å². The molecule has 0 saturated carbocycles. The molecule has 0 aliphatic heterocycles. The van der Waals surface area contributed by atoms with Gasteiger partial charge in [0, 0.05) is 0 Å². The second kappa shape index (κ2) is 4.93. The Kier molecular flexibility index (Phi) is 3.48. The summed E-state index contributed by atoms with van der Waals surface area (Å²) in [6, 6.07) is 7.21. The number of ether oxygens (including phenoxy) is 1. The number of hydrogen-bond acceptors (Lipinski definition) is 3. The van der Waals surface area contributed by atoms with Crippen LogP contribution in [0.3, 0.4) is 0 Å². The summed E-state index contributed by atoms with van der Waals surface area (Å²) in [5.74, 6) is -0.800. The van der Waals surface area contributed by atoms with Crippen molar-refractivity contribution in [2.24, 2.45) is 5.73 Å². The molecule has 1 aromatic carbocycles. The number of benzene rings is 1. The van der Waals surface area contributed by atoms with Crippen LogP contribution in [0.25, 0.3) is 0 Å². The highest BCUT2D eigenvalue weighted by atomic mass is 19.1. The summed E-state index contributed by atoms with van der Waals surface area (Å²) >= 11 is 0. The largest absolute Gasteiger partial charge is 0.494 e. The van der Waals surface area contributed by atoms with E-state index in [4.69, 9.17) is 10.5 Å². The third kappa shape index (κ3) is 2.56. The lowest BCUT2D eigenvalue weighted by Crippen LogP contribution is -2.35. The molecule has 1 unspecified atom stereocenters. The summed E-state index contributed by atoms with van der Waals surface area (Å²) in [6.45, 7) is 1.69. The van der Waals surface area contributed by atoms with Crippen molar-refractivity contribution in [1.82, 2.24) is 4.98 Å². The Hall–Kier alpha value is -2.01. The molecule has 2 aromatic rings. The zero-order chi connectivity index (χ0) is 14.0. The molecule has 0 spiro atoms. The molecule has 0 aliphatic rings. The predicted molar refractivity (Wildman–Crippen MR) is 67.8 cm³/mol. The van der Waals surface area contributed by atoms with Crippen LogP contribution in [0.2, 0.25) is 0 Å². The average molecular weight is 264 g/mol. The van der Waals surface area contributed by atoms with Crippen LogP contribution in [0.5, 0.6) is 5.75 Å². The van der Waals surface area contributed by atoms with Gasteiger partial charge in [-0.15, -0.1) is 0 Å². The monoisotopic (exact) mass is 264 g/mol. The molecule has 1 heterocycles. The summed E-state index contributed by atoms with van der Waals surface area (Å²) in [5, 5.41) is 0. The number of nitrogens with two attached hydrogens (primary N) is 1. The molecular formula is C14H14F2N2O. The van der Waals surface area contributed by atoms with Crippen LogP contribution in [0.4, 0.5) is 8.78 Å². The van der Waals surface area contributed by atoms with Crippen molar-refractivity contribution in [1.29, 1.82) is 0 Å². The topological polar surface area (TPSA) is 48.1 Å². The SMILES string of the molecule is COc1ccc(C(C)(N)c2ccc(F)cn2)cc1F. The Balaban J connectivity index is 2.43. The molecule has 3 nitrogen and oxygen atoms in total. The first kappa shape index (κ1) is 13.4. The third-order valence-corrected chi connectivity index (χ3v) is 3.01. The summed E-state index contributed by atoms with van der Waals surface area (Å²) in [4.78, 5) is 3.94. The molecule has 0 fully saturated rings. The lowest BCUT2D eigenvalue weighted by atomic mass is 9.89. The van der Waals surface area contributed by atoms with Gasteiger partial charge < -0.3 is 10.5 Å². The fourth-order valence-electron chi connectivity index (χ4n) is 1.82. The minimum absolute atomic E-state index is 0.145. The molecule has 0 aliphatic carbocycles. The maximum Gasteiger partial charge on any atom is 0.165 e. The minimum atomic E-state index is -1.01. The van der Waals surface area contributed by atoms with Gasteiger partial charge in [-0.2, -0.15) is 0 Å². The highest BCUT2D eigenvalue weighted by molar-refractivity contribution is 5.38. The van der Waals surface area contributed by atoms with E-state index in [1.165, 1.54) is 31.4 Å². The first-order valence-corrected chi connectivity index (χ1v) is 5.70. The van der Waals surface area contributed by atoms with Gasteiger partial charge in [-0.25, -0.2) is 8.78 Å². The van der Waals surface area contributed by atoms with Crippen molar-refractivity contribution in [2.45, 2.75) is 12.5 Å². The van der Waals surface area contributed by atoms with Gasteiger partial charge in [-0.1, -0.05) is 6.07 Å². The van der Waals surface area contributed by atoms with Gasteiger partial charge in [0.1, 0.15) is 5.82 Å². The van der Waals surface area contributed by atoms with Gasteiger partial charge in [-0.05, 0) is 36.8 Å². The number of methoxy groups -OCH3 is 1. The molecule has 1 aromatic heterocycles. The van der Waals surface area contributed by atoms with Gasteiger partial charge in [0.15, 0.2) is 11.6 Å². The van der Waals surface area contributed by atoms with Crippen LogP contribution in [0.15, 0.2) is 36.5 Å². The number of aromatic nitrogens is 1. The number of pyridine rings is 1. The fourth-order valence-corrected chi connectivity index (χ4v) is 1.82. The van der Waals surface area contributed by atoms with E-state index in [0.29, 0.717) is 11.3 Å². The van der Waals surface area contributed by atoms with E-state index >= 15 is 0 Å². The Labute approximate surface area is 110 Å². The van der Waals surface area contributed by atoms with Gasteiger partial charge in [-0.3, -0.25) is 4.98 Å². The molecule has 2 N–H and O–H groups in total. The fraction of sp³-hybridized carbons (Fsp3) is 0.214. The number of rotatable bonds is 3. The molecule has 100 valence electrons. The summed E-state index contributed by atoms with van der Waals surface area (Å²) in [6.07, 6.45) is 1.08.